The Bertz CT molecular complexity index is 346. The van der Waals surface area contributed by atoms with Crippen molar-refractivity contribution < 1.29 is 27.4 Å². The summed E-state index contributed by atoms with van der Waals surface area (Å²) in [6, 6.07) is 0. The number of hydrogen-bond donors (Lipinski definition) is 3. The maximum absolute atomic E-state index is 10.6. The Morgan fingerprint density at radius 3 is 1.33 bits per heavy atom. The number of hydrogen-bond acceptors (Lipinski definition) is 3. The molecule has 158 valence electrons. The van der Waals surface area contributed by atoms with Gasteiger partial charge in [0.2, 0.25) is 0 Å². The molecule has 1 atom stereocenters. The van der Waals surface area contributed by atoms with Crippen molar-refractivity contribution in [1.82, 2.24) is 0 Å². The van der Waals surface area contributed by atoms with Crippen LogP contribution in [0.5, 0.6) is 0 Å². The summed E-state index contributed by atoms with van der Waals surface area (Å²) in [4.78, 5) is 17.2. The van der Waals surface area contributed by atoms with Gasteiger partial charge in [0.25, 0.3) is 0 Å². The fraction of sp³-hybridized carbons (Fsp3) is 1.00. The van der Waals surface area contributed by atoms with Crippen molar-refractivity contribution in [2.45, 2.75) is 116 Å². The fourth-order valence-electron chi connectivity index (χ4n) is 2.95. The van der Waals surface area contributed by atoms with E-state index >= 15 is 0 Å². The Balaban J connectivity index is -0.0000000735. The summed E-state index contributed by atoms with van der Waals surface area (Å²) in [5.74, 6) is 0. The number of phosphoric acid groups is 1. The second-order valence-electron chi connectivity index (χ2n) is 6.87. The average molecular weight is 444 g/mol. The summed E-state index contributed by atoms with van der Waals surface area (Å²) in [6.45, 7) is 2.26. The van der Waals surface area contributed by atoms with E-state index in [1.807, 2.05) is 0 Å². The maximum Gasteiger partial charge on any atom is 2.00 e. The molecule has 5 nitrogen and oxygen atoms in total. The van der Waals surface area contributed by atoms with Crippen LogP contribution in [0.1, 0.15) is 118 Å². The summed E-state index contributed by atoms with van der Waals surface area (Å²) >= 11 is 0. The molecule has 0 saturated heterocycles. The largest absolute Gasteiger partial charge is 2.00 e. The molecule has 0 rings (SSSR count). The molecule has 0 radical (unpaired) electrons. The van der Waals surface area contributed by atoms with Crippen LogP contribution in [0, 0.1) is 0 Å². The van der Waals surface area contributed by atoms with Gasteiger partial charge >= 0.3 is 77.0 Å². The number of unbranched alkanes of at least 4 members (excludes halogenated alkanes) is 14. The van der Waals surface area contributed by atoms with Crippen molar-refractivity contribution in [3.05, 3.63) is 0 Å². The van der Waals surface area contributed by atoms with Crippen molar-refractivity contribution in [3.8, 4) is 0 Å². The third-order valence-corrected chi connectivity index (χ3v) is 4.91. The summed E-state index contributed by atoms with van der Waals surface area (Å²) in [5, 5.41) is 0. The molecular formula is C18H46Mg3NO4P. The second-order valence-corrected chi connectivity index (χ2v) is 8.06. The van der Waals surface area contributed by atoms with Crippen molar-refractivity contribution in [2.75, 3.05) is 0 Å². The molecule has 0 aliphatic heterocycles. The molecule has 1 unspecified atom stereocenters. The molecule has 0 aliphatic rings. The molecule has 4 N–H and O–H groups in total. The minimum Gasteiger partial charge on any atom is -1.00 e. The minimum absolute atomic E-state index is 0. The van der Waals surface area contributed by atoms with E-state index in [1.54, 1.807) is 0 Å². The van der Waals surface area contributed by atoms with Gasteiger partial charge in [-0.05, 0) is 12.8 Å². The Morgan fingerprint density at radius 1 is 0.741 bits per heavy atom. The van der Waals surface area contributed by atoms with Crippen molar-refractivity contribution >= 4 is 77.0 Å². The van der Waals surface area contributed by atoms with Gasteiger partial charge in [-0.15, -0.1) is 0 Å². The topological polar surface area (TPSA) is 92.8 Å². The van der Waals surface area contributed by atoms with Gasteiger partial charge in [0, 0.05) is 0 Å². The van der Waals surface area contributed by atoms with E-state index in [4.69, 9.17) is 15.5 Å². The van der Waals surface area contributed by atoms with E-state index in [1.165, 1.54) is 83.5 Å². The van der Waals surface area contributed by atoms with E-state index < -0.39 is 14.1 Å². The van der Waals surface area contributed by atoms with E-state index in [9.17, 15) is 4.57 Å². The molecule has 0 fully saturated rings. The molecule has 0 heterocycles. The van der Waals surface area contributed by atoms with Gasteiger partial charge in [-0.25, -0.2) is 4.57 Å². The zero-order valence-electron chi connectivity index (χ0n) is 23.7. The summed E-state index contributed by atoms with van der Waals surface area (Å²) in [7, 11) is -4.44. The van der Waals surface area contributed by atoms with Gasteiger partial charge in [-0.2, -0.15) is 0 Å². The van der Waals surface area contributed by atoms with Gasteiger partial charge in [-0.1, -0.05) is 96.8 Å². The van der Waals surface area contributed by atoms with Gasteiger partial charge in [0.15, 0.2) is 0 Å². The fourth-order valence-corrected chi connectivity index (χ4v) is 3.40. The Morgan fingerprint density at radius 2 is 1.04 bits per heavy atom. The average Bonchev–Trinajstić information content (AvgIpc) is 2.49. The summed E-state index contributed by atoms with van der Waals surface area (Å²) in [6.07, 6.45) is 19.1. The van der Waals surface area contributed by atoms with Crippen LogP contribution in [-0.4, -0.2) is 85.2 Å². The van der Waals surface area contributed by atoms with Crippen molar-refractivity contribution in [3.63, 3.8) is 0 Å². The molecule has 27 heavy (non-hydrogen) atoms. The monoisotopic (exact) mass is 443 g/mol. The maximum atomic E-state index is 10.6. The van der Waals surface area contributed by atoms with Gasteiger partial charge in [-0.3, -0.25) is 4.52 Å². The standard InChI is InChI=1S/C18H40NO4P.3Mg.6H/c1-2-3-4-5-6-7-8-9-10-11-12-13-14-15-16-17-18(19)23-24(20,21)22;;;;;;;;;/h18H,2-17,19H2,1H3,(H2,20,21,22);;;;;;;;;/q;3*+2;6*-1. The Labute approximate surface area is 224 Å². The van der Waals surface area contributed by atoms with Crippen LogP contribution < -0.4 is 5.73 Å². The van der Waals surface area contributed by atoms with Crippen LogP contribution >= 0.6 is 7.82 Å². The van der Waals surface area contributed by atoms with E-state index in [0.717, 1.165) is 12.8 Å². The molecule has 0 aromatic carbocycles. The molecule has 0 aromatic heterocycles. The van der Waals surface area contributed by atoms with E-state index in [-0.39, 0.29) is 77.7 Å². The van der Waals surface area contributed by atoms with Gasteiger partial charge in [0.05, 0.1) is 0 Å². The van der Waals surface area contributed by atoms with Gasteiger partial charge in [0.1, 0.15) is 6.23 Å². The van der Waals surface area contributed by atoms with Crippen LogP contribution in [0.15, 0.2) is 0 Å². The molecule has 0 amide bonds. The van der Waals surface area contributed by atoms with Crippen LogP contribution in [0.3, 0.4) is 0 Å². The van der Waals surface area contributed by atoms with Gasteiger partial charge < -0.3 is 24.1 Å². The molecule has 0 bridgehead atoms. The van der Waals surface area contributed by atoms with Crippen LogP contribution in [0.2, 0.25) is 0 Å². The molecule has 9 heteroatoms. The molecule has 0 aliphatic carbocycles. The van der Waals surface area contributed by atoms with Crippen molar-refractivity contribution in [1.29, 1.82) is 0 Å². The normalized spacial score (nSPS) is 11.9. The number of nitrogens with two attached hydrogens (primary N) is 1. The zero-order valence-corrected chi connectivity index (χ0v) is 22.9. The predicted molar refractivity (Wildman–Crippen MR) is 125 cm³/mol. The molecular weight excluding hydrogens is 398 g/mol. The van der Waals surface area contributed by atoms with Crippen LogP contribution in [-0.2, 0) is 9.09 Å². The quantitative estimate of drug-likeness (QED) is 0.117. The van der Waals surface area contributed by atoms with Crippen molar-refractivity contribution in [2.24, 2.45) is 5.73 Å². The van der Waals surface area contributed by atoms with E-state index in [2.05, 4.69) is 11.4 Å². The Kier molecular flexibility index (Phi) is 35.9. The second kappa shape index (κ2) is 26.4. The first-order chi connectivity index (χ1) is 11.5. The van der Waals surface area contributed by atoms with Crippen LogP contribution in [0.4, 0.5) is 0 Å². The first-order valence-corrected chi connectivity index (χ1v) is 11.5. The number of rotatable bonds is 18. The first kappa shape index (κ1) is 36.7. The van der Waals surface area contributed by atoms with Crippen LogP contribution in [0.25, 0.3) is 0 Å². The zero-order chi connectivity index (χ0) is 18.1. The van der Waals surface area contributed by atoms with E-state index in [0.29, 0.717) is 6.42 Å². The smallest absolute Gasteiger partial charge is 1.00 e. The molecule has 0 aromatic rings. The molecule has 0 saturated carbocycles. The number of phosphoric ester groups is 1. The summed E-state index contributed by atoms with van der Waals surface area (Å²) in [5.41, 5.74) is 5.50. The predicted octanol–water partition coefficient (Wildman–Crippen LogP) is 5.17. The third kappa shape index (κ3) is 33.2. The first-order valence-electron chi connectivity index (χ1n) is 9.95. The molecule has 0 spiro atoms. The third-order valence-electron chi connectivity index (χ3n) is 4.36. The Hall–Kier alpha value is 2.37. The summed E-state index contributed by atoms with van der Waals surface area (Å²) < 4.78 is 15.0. The minimum atomic E-state index is -4.44. The SMILES string of the molecule is CCCCCCCCCCCCCCCCCC(N)OP(=O)(O)O.[H-].[H-].[H-].[H-].[H-].[H-].[Mg+2].[Mg+2].[Mg+2].